The number of nitrogens with one attached hydrogen (secondary N) is 1. The number of carbonyl (C=O) groups is 1. The first-order valence-electron chi connectivity index (χ1n) is 37.8. The molecule has 12 unspecified atom stereocenters. The summed E-state index contributed by atoms with van der Waals surface area (Å²) in [7, 11) is 0. The number of hydrogen-bond donors (Lipinski definition) is 9. The van der Waals surface area contributed by atoms with Crippen LogP contribution in [0.15, 0.2) is 0 Å². The molecule has 1 amide bonds. The fraction of sp³-hybridized carbons (Fsp3) is 0.986. The highest BCUT2D eigenvalue weighted by molar-refractivity contribution is 5.76. The monoisotopic (exact) mass is 1240 g/mol. The number of ether oxygens (including phenoxy) is 4. The van der Waals surface area contributed by atoms with E-state index in [0.717, 1.165) is 51.4 Å². The molecule has 0 saturated carbocycles. The molecule has 518 valence electrons. The molecule has 0 aromatic heterocycles. The largest absolute Gasteiger partial charge is 0.394 e. The highest BCUT2D eigenvalue weighted by Gasteiger charge is 2.51. The van der Waals surface area contributed by atoms with Gasteiger partial charge in [-0.15, -0.1) is 0 Å². The van der Waals surface area contributed by atoms with Crippen molar-refractivity contribution < 1.29 is 64.6 Å². The predicted octanol–water partition coefficient (Wildman–Crippen LogP) is 16.0. The van der Waals surface area contributed by atoms with E-state index in [4.69, 9.17) is 18.9 Å². The van der Waals surface area contributed by atoms with Gasteiger partial charge < -0.3 is 65.1 Å². The van der Waals surface area contributed by atoms with Crippen LogP contribution in [0.2, 0.25) is 0 Å². The molecular formula is C73H143NO13. The summed E-state index contributed by atoms with van der Waals surface area (Å²) in [5.41, 5.74) is 0. The first-order valence-corrected chi connectivity index (χ1v) is 37.8. The Labute approximate surface area is 534 Å². The minimum absolute atomic E-state index is 0.196. The summed E-state index contributed by atoms with van der Waals surface area (Å²) < 4.78 is 23.0. The summed E-state index contributed by atoms with van der Waals surface area (Å²) >= 11 is 0. The van der Waals surface area contributed by atoms with Crippen molar-refractivity contribution in [2.45, 2.75) is 441 Å². The molecule has 87 heavy (non-hydrogen) atoms. The van der Waals surface area contributed by atoms with Crippen LogP contribution in [0.25, 0.3) is 0 Å². The van der Waals surface area contributed by atoms with Crippen LogP contribution in [0.1, 0.15) is 367 Å². The van der Waals surface area contributed by atoms with E-state index in [-0.39, 0.29) is 12.5 Å². The molecule has 14 heteroatoms. The van der Waals surface area contributed by atoms with Gasteiger partial charge >= 0.3 is 0 Å². The summed E-state index contributed by atoms with van der Waals surface area (Å²) in [5, 5.41) is 87.7. The molecule has 0 radical (unpaired) electrons. The lowest BCUT2D eigenvalue weighted by Gasteiger charge is -2.46. The lowest BCUT2D eigenvalue weighted by atomic mass is 9.97. The molecule has 2 aliphatic heterocycles. The molecule has 0 aromatic carbocycles. The number of hydrogen-bond acceptors (Lipinski definition) is 13. The van der Waals surface area contributed by atoms with Crippen molar-refractivity contribution >= 4 is 5.91 Å². The van der Waals surface area contributed by atoms with Gasteiger partial charge in [-0.25, -0.2) is 0 Å². The molecule has 9 N–H and O–H groups in total. The Morgan fingerprint density at radius 3 is 0.977 bits per heavy atom. The quantitative estimate of drug-likeness (QED) is 0.0259. The fourth-order valence-corrected chi connectivity index (χ4v) is 13.1. The predicted molar refractivity (Wildman–Crippen MR) is 356 cm³/mol. The molecule has 0 aromatic rings. The summed E-state index contributed by atoms with van der Waals surface area (Å²) in [6.07, 6.45) is 54.2. The molecule has 12 atom stereocenters. The third kappa shape index (κ3) is 42.8. The van der Waals surface area contributed by atoms with E-state index in [9.17, 15) is 45.6 Å². The van der Waals surface area contributed by atoms with Gasteiger partial charge in [-0.05, 0) is 12.8 Å². The Balaban J connectivity index is 1.61. The zero-order valence-electron chi connectivity index (χ0n) is 56.6. The normalized spacial score (nSPS) is 23.1. The molecule has 0 bridgehead atoms. The SMILES string of the molecule is CCCCCCCCCCCCCCCCCCCCCCCCCCCCCCCCCCC(=O)NC(COC1OC(CO)C(OC2OC(CO)C(O)C(O)C2O)C(O)C1O)C(O)CCCCCCCCCCCCCCCCCCCCCCC. The molecule has 0 aliphatic carbocycles. The van der Waals surface area contributed by atoms with Crippen LogP contribution in [0, 0.1) is 0 Å². The second-order valence-electron chi connectivity index (χ2n) is 27.1. The summed E-state index contributed by atoms with van der Waals surface area (Å²) in [5.74, 6) is -0.196. The standard InChI is InChI=1S/C73H143NO13/c1-3-5-7-9-11-13-15-17-19-21-23-25-26-27-28-29-30-31-32-33-34-35-37-39-41-43-45-47-49-51-53-55-57-65(78)74-61(62(77)56-54-52-50-48-46-44-42-40-38-36-24-22-20-18-16-14-12-10-8-6-4-2)60-84-72-70(83)68(81)71(64(59-76)86-72)87-73-69(82)67(80)66(79)63(58-75)85-73/h61-64,66-73,75-77,79-83H,3-60H2,1-2H3,(H,74,78). The van der Waals surface area contributed by atoms with Gasteiger partial charge in [0.1, 0.15) is 48.8 Å². The summed E-state index contributed by atoms with van der Waals surface area (Å²) in [6.45, 7) is 2.94. The van der Waals surface area contributed by atoms with Gasteiger partial charge in [0.25, 0.3) is 0 Å². The molecule has 14 nitrogen and oxygen atoms in total. The highest BCUT2D eigenvalue weighted by Crippen LogP contribution is 2.30. The third-order valence-electron chi connectivity index (χ3n) is 19.1. The minimum atomic E-state index is -1.78. The van der Waals surface area contributed by atoms with Crippen molar-refractivity contribution in [1.29, 1.82) is 0 Å². The number of aliphatic hydroxyl groups is 8. The molecule has 2 rings (SSSR count). The average Bonchev–Trinajstić information content (AvgIpc) is 2.34. The number of rotatable bonds is 64. The van der Waals surface area contributed by atoms with E-state index in [1.54, 1.807) is 0 Å². The maximum absolute atomic E-state index is 13.4. The van der Waals surface area contributed by atoms with Crippen molar-refractivity contribution in [1.82, 2.24) is 5.32 Å². The Morgan fingerprint density at radius 1 is 0.368 bits per heavy atom. The van der Waals surface area contributed by atoms with Crippen LogP contribution < -0.4 is 5.32 Å². The van der Waals surface area contributed by atoms with Crippen molar-refractivity contribution in [3.8, 4) is 0 Å². The van der Waals surface area contributed by atoms with Gasteiger partial charge in [0.15, 0.2) is 12.6 Å². The molecule has 2 aliphatic rings. The van der Waals surface area contributed by atoms with Crippen molar-refractivity contribution in [3.63, 3.8) is 0 Å². The van der Waals surface area contributed by atoms with Crippen LogP contribution in [-0.4, -0.2) is 140 Å². The zero-order valence-corrected chi connectivity index (χ0v) is 56.6. The van der Waals surface area contributed by atoms with Crippen LogP contribution in [0.5, 0.6) is 0 Å². The van der Waals surface area contributed by atoms with Gasteiger partial charge in [0.2, 0.25) is 5.91 Å². The van der Waals surface area contributed by atoms with Crippen molar-refractivity contribution in [2.24, 2.45) is 0 Å². The average molecular weight is 1240 g/mol. The molecule has 2 heterocycles. The number of carbonyl (C=O) groups excluding carboxylic acids is 1. The Morgan fingerprint density at radius 2 is 0.655 bits per heavy atom. The van der Waals surface area contributed by atoms with Crippen molar-refractivity contribution in [2.75, 3.05) is 19.8 Å². The van der Waals surface area contributed by atoms with Crippen LogP contribution in [0.3, 0.4) is 0 Å². The summed E-state index contributed by atoms with van der Waals surface area (Å²) in [4.78, 5) is 13.4. The highest BCUT2D eigenvalue weighted by atomic mass is 16.7. The van der Waals surface area contributed by atoms with E-state index in [1.807, 2.05) is 0 Å². The van der Waals surface area contributed by atoms with Gasteiger partial charge in [-0.2, -0.15) is 0 Å². The maximum atomic E-state index is 13.4. The van der Waals surface area contributed by atoms with E-state index in [1.165, 1.54) is 289 Å². The lowest BCUT2D eigenvalue weighted by molar-refractivity contribution is -0.359. The topological polar surface area (TPSA) is 228 Å². The van der Waals surface area contributed by atoms with Gasteiger partial charge in [0, 0.05) is 6.42 Å². The third-order valence-corrected chi connectivity index (χ3v) is 19.1. The van der Waals surface area contributed by atoms with Gasteiger partial charge in [-0.3, -0.25) is 4.79 Å². The first kappa shape index (κ1) is 82.1. The number of amides is 1. The van der Waals surface area contributed by atoms with Gasteiger partial charge in [0.05, 0.1) is 32.0 Å². The Kier molecular flexibility index (Phi) is 55.5. The Hall–Kier alpha value is -1.01. The van der Waals surface area contributed by atoms with Gasteiger partial charge in [-0.1, -0.05) is 348 Å². The second-order valence-corrected chi connectivity index (χ2v) is 27.1. The minimum Gasteiger partial charge on any atom is -0.394 e. The Bertz CT molecular complexity index is 1460. The van der Waals surface area contributed by atoms with E-state index < -0.39 is 86.8 Å². The zero-order chi connectivity index (χ0) is 63.1. The molecule has 0 spiro atoms. The smallest absolute Gasteiger partial charge is 0.220 e. The fourth-order valence-electron chi connectivity index (χ4n) is 13.1. The second kappa shape index (κ2) is 58.8. The van der Waals surface area contributed by atoms with Crippen LogP contribution in [-0.2, 0) is 23.7 Å². The summed E-state index contributed by atoms with van der Waals surface area (Å²) in [6, 6.07) is -0.825. The van der Waals surface area contributed by atoms with Crippen molar-refractivity contribution in [3.05, 3.63) is 0 Å². The lowest BCUT2D eigenvalue weighted by Crippen LogP contribution is -2.65. The van der Waals surface area contributed by atoms with Crippen LogP contribution >= 0.6 is 0 Å². The van der Waals surface area contributed by atoms with Crippen LogP contribution in [0.4, 0.5) is 0 Å². The molecule has 2 fully saturated rings. The van der Waals surface area contributed by atoms with E-state index in [0.29, 0.717) is 12.8 Å². The maximum Gasteiger partial charge on any atom is 0.220 e. The number of unbranched alkanes of at least 4 members (excludes halogenated alkanes) is 51. The van der Waals surface area contributed by atoms with E-state index in [2.05, 4.69) is 19.2 Å². The molecule has 2 saturated heterocycles. The number of aliphatic hydroxyl groups excluding tert-OH is 8. The van der Waals surface area contributed by atoms with E-state index >= 15 is 0 Å². The first-order chi connectivity index (χ1) is 42.6. The molecular weight excluding hydrogens is 1100 g/mol.